The van der Waals surface area contributed by atoms with E-state index in [0.29, 0.717) is 6.07 Å². The Balaban J connectivity index is 1.70. The van der Waals surface area contributed by atoms with Gasteiger partial charge in [0, 0.05) is 12.1 Å². The molecule has 0 aliphatic rings. The Bertz CT molecular complexity index is 892. The number of hydrogen-bond donors (Lipinski definition) is 1. The van der Waals surface area contributed by atoms with Gasteiger partial charge in [0.25, 0.3) is 11.8 Å². The highest BCUT2D eigenvalue weighted by Gasteiger charge is 2.14. The summed E-state index contributed by atoms with van der Waals surface area (Å²) >= 11 is 0. The Labute approximate surface area is 135 Å². The number of carbonyl (C=O) groups excluding carboxylic acids is 1. The first kappa shape index (κ1) is 15.5. The SMILES string of the molecule is O=C(C=Cc1ccccc1)Nc1nnc(-c2ccc(F)cc2F)o1. The third-order valence-corrected chi connectivity index (χ3v) is 3.04. The molecule has 1 N–H and O–H groups in total. The molecule has 0 saturated heterocycles. The molecule has 2 aromatic carbocycles. The van der Waals surface area contributed by atoms with Gasteiger partial charge in [-0.05, 0) is 23.8 Å². The Morgan fingerprint density at radius 2 is 1.88 bits per heavy atom. The van der Waals surface area contributed by atoms with E-state index in [1.165, 1.54) is 12.1 Å². The van der Waals surface area contributed by atoms with E-state index in [1.54, 1.807) is 6.08 Å². The minimum absolute atomic E-state index is 0.0516. The van der Waals surface area contributed by atoms with Gasteiger partial charge in [0.15, 0.2) is 0 Å². The van der Waals surface area contributed by atoms with E-state index in [4.69, 9.17) is 4.42 Å². The lowest BCUT2D eigenvalue weighted by atomic mass is 10.2. The van der Waals surface area contributed by atoms with E-state index >= 15 is 0 Å². The average Bonchev–Trinajstić information content (AvgIpc) is 3.02. The van der Waals surface area contributed by atoms with Gasteiger partial charge in [-0.25, -0.2) is 8.78 Å². The van der Waals surface area contributed by atoms with Gasteiger partial charge in [-0.3, -0.25) is 10.1 Å². The molecule has 1 amide bonds. The molecule has 120 valence electrons. The molecule has 0 aliphatic heterocycles. The highest BCUT2D eigenvalue weighted by Crippen LogP contribution is 2.23. The standard InChI is InChI=1S/C17H11F2N3O2/c18-12-7-8-13(14(19)10-12)16-21-22-17(24-16)20-15(23)9-6-11-4-2-1-3-5-11/h1-10H,(H,20,22,23). The zero-order valence-corrected chi connectivity index (χ0v) is 12.2. The van der Waals surface area contributed by atoms with Gasteiger partial charge in [-0.15, -0.1) is 5.10 Å². The van der Waals surface area contributed by atoms with E-state index < -0.39 is 17.5 Å². The first-order valence-electron chi connectivity index (χ1n) is 6.95. The number of rotatable bonds is 4. The number of halogens is 2. The van der Waals surface area contributed by atoms with Crippen LogP contribution in [0.15, 0.2) is 59.0 Å². The van der Waals surface area contributed by atoms with Gasteiger partial charge >= 0.3 is 6.01 Å². The zero-order chi connectivity index (χ0) is 16.9. The van der Waals surface area contributed by atoms with E-state index in [9.17, 15) is 13.6 Å². The molecule has 3 rings (SSSR count). The normalized spacial score (nSPS) is 10.9. The van der Waals surface area contributed by atoms with Crippen LogP contribution in [-0.4, -0.2) is 16.1 Å². The monoisotopic (exact) mass is 327 g/mol. The minimum atomic E-state index is -0.833. The van der Waals surface area contributed by atoms with Crippen molar-refractivity contribution in [2.45, 2.75) is 0 Å². The third-order valence-electron chi connectivity index (χ3n) is 3.04. The van der Waals surface area contributed by atoms with Crippen LogP contribution in [0, 0.1) is 11.6 Å². The second kappa shape index (κ2) is 6.82. The summed E-state index contributed by atoms with van der Waals surface area (Å²) in [5.41, 5.74) is 0.802. The number of anilines is 1. The summed E-state index contributed by atoms with van der Waals surface area (Å²) in [6.45, 7) is 0. The van der Waals surface area contributed by atoms with Gasteiger partial charge in [-0.2, -0.15) is 0 Å². The lowest BCUT2D eigenvalue weighted by molar-refractivity contribution is -0.112. The fourth-order valence-electron chi connectivity index (χ4n) is 1.93. The second-order valence-corrected chi connectivity index (χ2v) is 4.77. The molecule has 0 atom stereocenters. The number of nitrogens with zero attached hydrogens (tertiary/aromatic N) is 2. The van der Waals surface area contributed by atoms with Gasteiger partial charge in [0.2, 0.25) is 0 Å². The van der Waals surface area contributed by atoms with Crippen molar-refractivity contribution in [2.24, 2.45) is 0 Å². The largest absolute Gasteiger partial charge is 0.403 e. The first-order valence-corrected chi connectivity index (χ1v) is 6.95. The summed E-state index contributed by atoms with van der Waals surface area (Å²) in [5, 5.41) is 9.61. The van der Waals surface area contributed by atoms with E-state index in [-0.39, 0.29) is 17.5 Å². The summed E-state index contributed by atoms with van der Waals surface area (Å²) in [7, 11) is 0. The molecule has 0 radical (unpaired) electrons. The van der Waals surface area contributed by atoms with Crippen molar-refractivity contribution in [3.05, 3.63) is 71.8 Å². The fourth-order valence-corrected chi connectivity index (χ4v) is 1.93. The van der Waals surface area contributed by atoms with Crippen molar-refractivity contribution in [2.75, 3.05) is 5.32 Å². The number of aromatic nitrogens is 2. The van der Waals surface area contributed by atoms with E-state index in [2.05, 4.69) is 15.5 Å². The lowest BCUT2D eigenvalue weighted by Gasteiger charge is -1.97. The topological polar surface area (TPSA) is 68.0 Å². The molecule has 0 bridgehead atoms. The molecular formula is C17H11F2N3O2. The van der Waals surface area contributed by atoms with Crippen LogP contribution in [0.5, 0.6) is 0 Å². The highest BCUT2D eigenvalue weighted by molar-refractivity contribution is 6.00. The molecule has 0 unspecified atom stereocenters. The molecule has 1 aromatic heterocycles. The molecule has 0 spiro atoms. The molecule has 7 heteroatoms. The maximum absolute atomic E-state index is 13.7. The number of amides is 1. The van der Waals surface area contributed by atoms with E-state index in [0.717, 1.165) is 11.6 Å². The average molecular weight is 327 g/mol. The van der Waals surface area contributed by atoms with Gasteiger partial charge in [0.1, 0.15) is 11.6 Å². The van der Waals surface area contributed by atoms with Crippen LogP contribution in [-0.2, 0) is 4.79 Å². The molecular weight excluding hydrogens is 316 g/mol. The zero-order valence-electron chi connectivity index (χ0n) is 12.2. The molecule has 0 aliphatic carbocycles. The van der Waals surface area contributed by atoms with Crippen LogP contribution < -0.4 is 5.32 Å². The Hall–Kier alpha value is -3.35. The molecule has 1 heterocycles. The van der Waals surface area contributed by atoms with Crippen LogP contribution >= 0.6 is 0 Å². The first-order chi connectivity index (χ1) is 11.6. The predicted octanol–water partition coefficient (Wildman–Crippen LogP) is 3.67. The molecule has 0 fully saturated rings. The van der Waals surface area contributed by atoms with Crippen molar-refractivity contribution in [1.29, 1.82) is 0 Å². The summed E-state index contributed by atoms with van der Waals surface area (Å²) in [6.07, 6.45) is 2.92. The van der Waals surface area contributed by atoms with Gasteiger partial charge < -0.3 is 4.42 Å². The fraction of sp³-hybridized carbons (Fsp3) is 0. The van der Waals surface area contributed by atoms with Crippen LogP contribution in [0.2, 0.25) is 0 Å². The number of nitrogens with one attached hydrogen (secondary N) is 1. The quantitative estimate of drug-likeness (QED) is 0.743. The molecule has 5 nitrogen and oxygen atoms in total. The second-order valence-electron chi connectivity index (χ2n) is 4.77. The number of benzene rings is 2. The molecule has 0 saturated carbocycles. The van der Waals surface area contributed by atoms with Crippen molar-refractivity contribution < 1.29 is 18.0 Å². The predicted molar refractivity (Wildman–Crippen MR) is 83.8 cm³/mol. The van der Waals surface area contributed by atoms with Crippen LogP contribution in [0.4, 0.5) is 14.8 Å². The number of carbonyl (C=O) groups is 1. The lowest BCUT2D eigenvalue weighted by Crippen LogP contribution is -2.07. The third kappa shape index (κ3) is 3.70. The Morgan fingerprint density at radius 3 is 2.62 bits per heavy atom. The van der Waals surface area contributed by atoms with Crippen LogP contribution in [0.25, 0.3) is 17.5 Å². The van der Waals surface area contributed by atoms with Crippen molar-refractivity contribution >= 4 is 18.0 Å². The summed E-state index contributed by atoms with van der Waals surface area (Å²) in [6, 6.07) is 12.0. The Kier molecular flexibility index (Phi) is 4.42. The minimum Gasteiger partial charge on any atom is -0.403 e. The maximum atomic E-state index is 13.7. The summed E-state index contributed by atoms with van der Waals surface area (Å²) in [5.74, 6) is -2.18. The van der Waals surface area contributed by atoms with Crippen molar-refractivity contribution in [3.63, 3.8) is 0 Å². The van der Waals surface area contributed by atoms with Crippen LogP contribution in [0.1, 0.15) is 5.56 Å². The van der Waals surface area contributed by atoms with Crippen molar-refractivity contribution in [1.82, 2.24) is 10.2 Å². The maximum Gasteiger partial charge on any atom is 0.322 e. The summed E-state index contributed by atoms with van der Waals surface area (Å²) < 4.78 is 31.7. The van der Waals surface area contributed by atoms with Crippen molar-refractivity contribution in [3.8, 4) is 11.5 Å². The highest BCUT2D eigenvalue weighted by atomic mass is 19.1. The summed E-state index contributed by atoms with van der Waals surface area (Å²) in [4.78, 5) is 11.8. The molecule has 3 aromatic rings. The van der Waals surface area contributed by atoms with E-state index in [1.807, 2.05) is 30.3 Å². The Morgan fingerprint density at radius 1 is 1.08 bits per heavy atom. The molecule has 24 heavy (non-hydrogen) atoms. The van der Waals surface area contributed by atoms with Crippen LogP contribution in [0.3, 0.4) is 0 Å². The van der Waals surface area contributed by atoms with Gasteiger partial charge in [0.05, 0.1) is 5.56 Å². The number of hydrogen-bond acceptors (Lipinski definition) is 4. The smallest absolute Gasteiger partial charge is 0.322 e. The van der Waals surface area contributed by atoms with Gasteiger partial charge in [-0.1, -0.05) is 35.4 Å².